The normalized spacial score (nSPS) is 11.4. The van der Waals surface area contributed by atoms with Crippen LogP contribution in [0.25, 0.3) is 0 Å². The molecule has 6 nitrogen and oxygen atoms in total. The zero-order chi connectivity index (χ0) is 23.8. The first-order valence-corrected chi connectivity index (χ1v) is 10.7. The highest BCUT2D eigenvalue weighted by Gasteiger charge is 2.26. The van der Waals surface area contributed by atoms with Gasteiger partial charge in [-0.05, 0) is 31.5 Å². The van der Waals surface area contributed by atoms with E-state index < -0.39 is 18.0 Å². The standard InChI is InChI=1S/C27H27NO5/c1-18-9-12-20(13-10-18)23(29)14-16-25(30)33-26(21-7-5-4-6-8-21)27(31)28-22-17-19(2)11-15-24(22)32-3/h4-13,15,17,26H,14,16H2,1-3H3,(H,28,31). The average molecular weight is 446 g/mol. The Morgan fingerprint density at radius 2 is 1.52 bits per heavy atom. The predicted octanol–water partition coefficient (Wildman–Crippen LogP) is 5.20. The van der Waals surface area contributed by atoms with E-state index in [0.717, 1.165) is 11.1 Å². The van der Waals surface area contributed by atoms with E-state index in [9.17, 15) is 14.4 Å². The third-order valence-electron chi connectivity index (χ3n) is 5.13. The third-order valence-corrected chi connectivity index (χ3v) is 5.13. The van der Waals surface area contributed by atoms with Gasteiger partial charge in [-0.15, -0.1) is 0 Å². The Morgan fingerprint density at radius 1 is 0.848 bits per heavy atom. The van der Waals surface area contributed by atoms with E-state index in [-0.39, 0.29) is 18.6 Å². The number of anilines is 1. The molecule has 0 saturated carbocycles. The molecule has 0 spiro atoms. The summed E-state index contributed by atoms with van der Waals surface area (Å²) in [5.74, 6) is -0.799. The molecule has 0 fully saturated rings. The summed E-state index contributed by atoms with van der Waals surface area (Å²) >= 11 is 0. The van der Waals surface area contributed by atoms with Crippen molar-refractivity contribution in [3.05, 3.63) is 95.1 Å². The number of hydrogen-bond donors (Lipinski definition) is 1. The number of hydrogen-bond acceptors (Lipinski definition) is 5. The Bertz CT molecular complexity index is 1120. The van der Waals surface area contributed by atoms with Gasteiger partial charge in [-0.3, -0.25) is 14.4 Å². The molecule has 1 N–H and O–H groups in total. The van der Waals surface area contributed by atoms with E-state index in [1.807, 2.05) is 38.1 Å². The van der Waals surface area contributed by atoms with Crippen LogP contribution in [0, 0.1) is 13.8 Å². The summed E-state index contributed by atoms with van der Waals surface area (Å²) in [5, 5.41) is 2.79. The quantitative estimate of drug-likeness (QED) is 0.362. The number of ether oxygens (including phenoxy) is 2. The Kier molecular flexibility index (Phi) is 7.97. The Balaban J connectivity index is 1.71. The van der Waals surface area contributed by atoms with Gasteiger partial charge < -0.3 is 14.8 Å². The van der Waals surface area contributed by atoms with Gasteiger partial charge in [0.15, 0.2) is 5.78 Å². The summed E-state index contributed by atoms with van der Waals surface area (Å²) in [6.45, 7) is 3.83. The minimum absolute atomic E-state index is 0.00325. The van der Waals surface area contributed by atoms with Crippen molar-refractivity contribution in [2.75, 3.05) is 12.4 Å². The number of esters is 1. The van der Waals surface area contributed by atoms with Crippen molar-refractivity contribution in [2.24, 2.45) is 0 Å². The molecule has 3 aromatic rings. The zero-order valence-corrected chi connectivity index (χ0v) is 19.0. The van der Waals surface area contributed by atoms with Crippen LogP contribution in [-0.4, -0.2) is 24.8 Å². The summed E-state index contributed by atoms with van der Waals surface area (Å²) < 4.78 is 10.9. The predicted molar refractivity (Wildman–Crippen MR) is 126 cm³/mol. The molecule has 0 heterocycles. The topological polar surface area (TPSA) is 81.7 Å². The molecule has 0 radical (unpaired) electrons. The molecule has 0 aliphatic heterocycles. The molecule has 1 unspecified atom stereocenters. The number of amides is 1. The maximum atomic E-state index is 13.1. The molecule has 0 aromatic heterocycles. The van der Waals surface area contributed by atoms with Crippen molar-refractivity contribution in [2.45, 2.75) is 32.8 Å². The number of ketones is 1. The first-order valence-electron chi connectivity index (χ1n) is 10.7. The maximum Gasteiger partial charge on any atom is 0.307 e. The number of rotatable bonds is 9. The molecule has 1 amide bonds. The lowest BCUT2D eigenvalue weighted by atomic mass is 10.0. The van der Waals surface area contributed by atoms with Crippen molar-refractivity contribution in [1.82, 2.24) is 0 Å². The van der Waals surface area contributed by atoms with Crippen molar-refractivity contribution < 1.29 is 23.9 Å². The van der Waals surface area contributed by atoms with E-state index in [4.69, 9.17) is 9.47 Å². The number of methoxy groups -OCH3 is 1. The average Bonchev–Trinajstić information content (AvgIpc) is 2.82. The van der Waals surface area contributed by atoms with Gasteiger partial charge in [0, 0.05) is 17.5 Å². The van der Waals surface area contributed by atoms with Crippen LogP contribution < -0.4 is 10.1 Å². The van der Waals surface area contributed by atoms with E-state index in [1.165, 1.54) is 7.11 Å². The molecule has 6 heteroatoms. The highest BCUT2D eigenvalue weighted by Crippen LogP contribution is 2.28. The highest BCUT2D eigenvalue weighted by atomic mass is 16.5. The second-order valence-electron chi connectivity index (χ2n) is 7.76. The number of carbonyl (C=O) groups excluding carboxylic acids is 3. The van der Waals surface area contributed by atoms with Crippen LogP contribution in [-0.2, 0) is 14.3 Å². The van der Waals surface area contributed by atoms with E-state index >= 15 is 0 Å². The van der Waals surface area contributed by atoms with Crippen molar-refractivity contribution in [3.8, 4) is 5.75 Å². The molecular formula is C27H27NO5. The Hall–Kier alpha value is -3.93. The molecule has 3 aromatic carbocycles. The first-order chi connectivity index (χ1) is 15.9. The lowest BCUT2D eigenvalue weighted by molar-refractivity contribution is -0.154. The van der Waals surface area contributed by atoms with Crippen molar-refractivity contribution in [1.29, 1.82) is 0 Å². The largest absolute Gasteiger partial charge is 0.495 e. The summed E-state index contributed by atoms with van der Waals surface area (Å²) in [6, 6.07) is 21.3. The molecule has 170 valence electrons. The molecule has 33 heavy (non-hydrogen) atoms. The van der Waals surface area contributed by atoms with Crippen molar-refractivity contribution in [3.63, 3.8) is 0 Å². The van der Waals surface area contributed by atoms with Crippen LogP contribution in [0.2, 0.25) is 0 Å². The lowest BCUT2D eigenvalue weighted by Gasteiger charge is -2.19. The number of carbonyl (C=O) groups is 3. The smallest absolute Gasteiger partial charge is 0.307 e. The number of Topliss-reactive ketones (excluding diaryl/α,β-unsaturated/α-hetero) is 1. The molecule has 0 bridgehead atoms. The zero-order valence-electron chi connectivity index (χ0n) is 19.0. The van der Waals surface area contributed by atoms with Crippen LogP contribution in [0.4, 0.5) is 5.69 Å². The lowest BCUT2D eigenvalue weighted by Crippen LogP contribution is -2.26. The van der Waals surface area contributed by atoms with E-state index in [0.29, 0.717) is 22.6 Å². The van der Waals surface area contributed by atoms with Crippen LogP contribution >= 0.6 is 0 Å². The molecule has 1 atom stereocenters. The number of nitrogens with one attached hydrogen (secondary N) is 1. The fourth-order valence-electron chi connectivity index (χ4n) is 3.31. The van der Waals surface area contributed by atoms with Crippen LogP contribution in [0.15, 0.2) is 72.8 Å². The van der Waals surface area contributed by atoms with E-state index in [2.05, 4.69) is 5.32 Å². The monoisotopic (exact) mass is 445 g/mol. The summed E-state index contributed by atoms with van der Waals surface area (Å²) in [6.07, 6.45) is -1.30. The van der Waals surface area contributed by atoms with Gasteiger partial charge in [-0.25, -0.2) is 0 Å². The van der Waals surface area contributed by atoms with Crippen molar-refractivity contribution >= 4 is 23.3 Å². The second kappa shape index (κ2) is 11.1. The number of benzene rings is 3. The SMILES string of the molecule is COc1ccc(C)cc1NC(=O)C(OC(=O)CCC(=O)c1ccc(C)cc1)c1ccccc1. The van der Waals surface area contributed by atoms with Crippen LogP contribution in [0.5, 0.6) is 5.75 Å². The second-order valence-corrected chi connectivity index (χ2v) is 7.76. The molecule has 0 aliphatic carbocycles. The third kappa shape index (κ3) is 6.53. The minimum Gasteiger partial charge on any atom is -0.495 e. The fourth-order valence-corrected chi connectivity index (χ4v) is 3.31. The van der Waals surface area contributed by atoms with Gasteiger partial charge >= 0.3 is 5.97 Å². The van der Waals surface area contributed by atoms with Gasteiger partial charge in [0.05, 0.1) is 19.2 Å². The number of aryl methyl sites for hydroxylation is 2. The van der Waals surface area contributed by atoms with E-state index in [1.54, 1.807) is 48.5 Å². The summed E-state index contributed by atoms with van der Waals surface area (Å²) in [4.78, 5) is 38.1. The maximum absolute atomic E-state index is 13.1. The minimum atomic E-state index is -1.17. The van der Waals surface area contributed by atoms with Gasteiger partial charge in [-0.1, -0.05) is 66.2 Å². The highest BCUT2D eigenvalue weighted by molar-refractivity contribution is 5.99. The Morgan fingerprint density at radius 3 is 2.18 bits per heavy atom. The van der Waals surface area contributed by atoms with Crippen LogP contribution in [0.3, 0.4) is 0 Å². The van der Waals surface area contributed by atoms with Gasteiger partial charge in [-0.2, -0.15) is 0 Å². The Labute approximate surface area is 193 Å². The molecule has 0 saturated heterocycles. The summed E-state index contributed by atoms with van der Waals surface area (Å²) in [7, 11) is 1.51. The van der Waals surface area contributed by atoms with Gasteiger partial charge in [0.1, 0.15) is 5.75 Å². The first kappa shape index (κ1) is 23.7. The van der Waals surface area contributed by atoms with Gasteiger partial charge in [0.2, 0.25) is 6.10 Å². The fraction of sp³-hybridized carbons (Fsp3) is 0.222. The molecule has 0 aliphatic rings. The molecular weight excluding hydrogens is 418 g/mol. The molecule has 3 rings (SSSR count). The summed E-state index contributed by atoms with van der Waals surface area (Å²) in [5.41, 5.74) is 3.54. The van der Waals surface area contributed by atoms with Crippen LogP contribution in [0.1, 0.15) is 46.0 Å². The van der Waals surface area contributed by atoms with Gasteiger partial charge in [0.25, 0.3) is 5.91 Å².